The number of hydrogen-bond donors (Lipinski definition) is 0. The van der Waals surface area contributed by atoms with Gasteiger partial charge in [-0.1, -0.05) is 25.3 Å². The summed E-state index contributed by atoms with van der Waals surface area (Å²) in [6.07, 6.45) is 6.71. The lowest BCUT2D eigenvalue weighted by Gasteiger charge is -2.35. The maximum atomic E-state index is 12.9. The number of aromatic nitrogens is 4. The Morgan fingerprint density at radius 3 is 2.77 bits per heavy atom. The van der Waals surface area contributed by atoms with E-state index in [1.54, 1.807) is 4.57 Å². The van der Waals surface area contributed by atoms with E-state index in [0.717, 1.165) is 50.3 Å². The van der Waals surface area contributed by atoms with Gasteiger partial charge in [0.15, 0.2) is 5.82 Å². The number of likely N-dealkylation sites (tertiary alicyclic amines) is 1. The molecule has 0 aromatic carbocycles. The minimum Gasteiger partial charge on any atom is -0.364 e. The second-order valence-electron chi connectivity index (χ2n) is 9.50. The Morgan fingerprint density at radius 1 is 1.13 bits per heavy atom. The molecule has 1 spiro atoms. The molecule has 1 unspecified atom stereocenters. The van der Waals surface area contributed by atoms with Gasteiger partial charge in [0.25, 0.3) is 0 Å². The van der Waals surface area contributed by atoms with Crippen molar-refractivity contribution in [3.05, 3.63) is 56.1 Å². The Balaban J connectivity index is 1.32. The molecule has 3 aliphatic rings. The molecule has 1 aliphatic carbocycles. The van der Waals surface area contributed by atoms with E-state index in [1.165, 1.54) is 23.9 Å². The van der Waals surface area contributed by atoms with Crippen LogP contribution in [0, 0.1) is 12.8 Å². The highest BCUT2D eigenvalue weighted by Crippen LogP contribution is 2.32. The minimum absolute atomic E-state index is 0.275. The Morgan fingerprint density at radius 2 is 1.97 bits per heavy atom. The van der Waals surface area contributed by atoms with Gasteiger partial charge in [0.1, 0.15) is 12.2 Å². The molecule has 1 saturated heterocycles. The van der Waals surface area contributed by atoms with Gasteiger partial charge in [-0.25, -0.2) is 4.68 Å². The van der Waals surface area contributed by atoms with Gasteiger partial charge in [0.2, 0.25) is 0 Å². The van der Waals surface area contributed by atoms with E-state index >= 15 is 0 Å². The van der Waals surface area contributed by atoms with Gasteiger partial charge in [-0.05, 0) is 44.2 Å². The molecule has 0 amide bonds. The Hall–Kier alpha value is -2.32. The first-order chi connectivity index (χ1) is 15.0. The van der Waals surface area contributed by atoms with Crippen molar-refractivity contribution in [3.63, 3.8) is 0 Å². The molecule has 8 heteroatoms. The van der Waals surface area contributed by atoms with Crippen LogP contribution in [-0.4, -0.2) is 42.9 Å². The molecule has 5 rings (SSSR count). The van der Waals surface area contributed by atoms with Crippen LogP contribution in [0.25, 0.3) is 0 Å². The van der Waals surface area contributed by atoms with Gasteiger partial charge in [0, 0.05) is 31.9 Å². The molecule has 31 heavy (non-hydrogen) atoms. The van der Waals surface area contributed by atoms with Gasteiger partial charge in [-0.3, -0.25) is 24.0 Å². The molecule has 8 nitrogen and oxygen atoms in total. The number of aryl methyl sites for hydroxylation is 1. The van der Waals surface area contributed by atoms with Crippen molar-refractivity contribution < 1.29 is 4.74 Å². The maximum absolute atomic E-state index is 12.9. The molecular formula is C23H31N5O3. The summed E-state index contributed by atoms with van der Waals surface area (Å²) in [5, 5.41) is 4.54. The lowest BCUT2D eigenvalue weighted by Crippen LogP contribution is -2.53. The van der Waals surface area contributed by atoms with Crippen LogP contribution in [-0.2, 0) is 31.0 Å². The van der Waals surface area contributed by atoms with Crippen molar-refractivity contribution in [2.45, 2.75) is 77.3 Å². The number of ether oxygens (including phenoxy) is 1. The van der Waals surface area contributed by atoms with Gasteiger partial charge in [-0.2, -0.15) is 5.10 Å². The third-order valence-corrected chi connectivity index (χ3v) is 7.05. The zero-order chi connectivity index (χ0) is 21.4. The van der Waals surface area contributed by atoms with Crippen molar-refractivity contribution in [2.75, 3.05) is 13.1 Å². The average Bonchev–Trinajstić information content (AvgIpc) is 3.15. The summed E-state index contributed by atoms with van der Waals surface area (Å²) in [5.74, 6) is 1.01. The number of hydrogen-bond acceptors (Lipinski definition) is 6. The fraction of sp³-hybridized carbons (Fsp3) is 0.652. The zero-order valence-corrected chi connectivity index (χ0v) is 18.3. The van der Waals surface area contributed by atoms with E-state index in [4.69, 9.17) is 4.74 Å². The maximum Gasteiger partial charge on any atom is 0.332 e. The third-order valence-electron chi connectivity index (χ3n) is 7.05. The molecule has 0 N–H and O–H groups in total. The largest absolute Gasteiger partial charge is 0.364 e. The first-order valence-electron chi connectivity index (χ1n) is 11.5. The number of pyridine rings is 1. The SMILES string of the molecule is Cc1cccc(CN2CCC3(C2)Cn2c(nn(CC4CCCCC4)c(=O)c2=O)CO3)n1. The number of fused-ring (bicyclic) bond motifs is 1. The van der Waals surface area contributed by atoms with Crippen LogP contribution in [0.5, 0.6) is 0 Å². The predicted octanol–water partition coefficient (Wildman–Crippen LogP) is 1.86. The highest BCUT2D eigenvalue weighted by molar-refractivity contribution is 5.11. The number of nitrogens with zero attached hydrogens (tertiary/aromatic N) is 5. The summed E-state index contributed by atoms with van der Waals surface area (Å²) in [6.45, 7) is 5.57. The number of rotatable bonds is 4. The van der Waals surface area contributed by atoms with Crippen LogP contribution in [0.3, 0.4) is 0 Å². The van der Waals surface area contributed by atoms with Crippen LogP contribution in [0.15, 0.2) is 27.8 Å². The molecule has 2 aromatic rings. The van der Waals surface area contributed by atoms with Crippen LogP contribution in [0.2, 0.25) is 0 Å². The Labute approximate surface area is 181 Å². The monoisotopic (exact) mass is 425 g/mol. The Kier molecular flexibility index (Phi) is 5.52. The second kappa shape index (κ2) is 8.31. The molecule has 2 aromatic heterocycles. The quantitative estimate of drug-likeness (QED) is 0.696. The topological polar surface area (TPSA) is 82.2 Å². The summed E-state index contributed by atoms with van der Waals surface area (Å²) in [7, 11) is 0. The Bertz CT molecular complexity index is 1070. The molecule has 2 fully saturated rings. The molecule has 1 saturated carbocycles. The van der Waals surface area contributed by atoms with E-state index in [-0.39, 0.29) is 6.61 Å². The fourth-order valence-electron chi connectivity index (χ4n) is 5.37. The summed E-state index contributed by atoms with van der Waals surface area (Å²) >= 11 is 0. The summed E-state index contributed by atoms with van der Waals surface area (Å²) in [4.78, 5) is 32.6. The smallest absolute Gasteiger partial charge is 0.332 e. The van der Waals surface area contributed by atoms with E-state index in [9.17, 15) is 9.59 Å². The lowest BCUT2D eigenvalue weighted by molar-refractivity contribution is -0.0860. The van der Waals surface area contributed by atoms with E-state index in [2.05, 4.69) is 15.0 Å². The fourth-order valence-corrected chi connectivity index (χ4v) is 5.37. The van der Waals surface area contributed by atoms with Crippen molar-refractivity contribution in [1.29, 1.82) is 0 Å². The average molecular weight is 426 g/mol. The summed E-state index contributed by atoms with van der Waals surface area (Å²) in [6, 6.07) is 6.06. The van der Waals surface area contributed by atoms with Crippen LogP contribution in [0.1, 0.15) is 55.7 Å². The van der Waals surface area contributed by atoms with Crippen molar-refractivity contribution in [3.8, 4) is 0 Å². The minimum atomic E-state index is -0.495. The van der Waals surface area contributed by atoms with E-state index in [0.29, 0.717) is 24.8 Å². The van der Waals surface area contributed by atoms with Crippen LogP contribution in [0.4, 0.5) is 0 Å². The molecule has 0 radical (unpaired) electrons. The van der Waals surface area contributed by atoms with Crippen LogP contribution < -0.4 is 11.1 Å². The lowest BCUT2D eigenvalue weighted by atomic mass is 9.89. The van der Waals surface area contributed by atoms with Crippen molar-refractivity contribution >= 4 is 0 Å². The predicted molar refractivity (Wildman–Crippen MR) is 116 cm³/mol. The summed E-state index contributed by atoms with van der Waals surface area (Å²) < 4.78 is 9.25. The molecule has 4 heterocycles. The molecule has 166 valence electrons. The highest BCUT2D eigenvalue weighted by atomic mass is 16.5. The standard InChI is InChI=1S/C23H31N5O3/c1-17-6-5-9-19(24-17)13-26-11-10-23(15-26)16-27-20(14-31-23)25-28(22(30)21(27)29)12-18-7-3-2-4-8-18/h5-6,9,18H,2-4,7-8,10-16H2,1H3. The molecule has 0 bridgehead atoms. The van der Waals surface area contributed by atoms with Crippen molar-refractivity contribution in [1.82, 2.24) is 24.2 Å². The molecular weight excluding hydrogens is 394 g/mol. The summed E-state index contributed by atoms with van der Waals surface area (Å²) in [5.41, 5.74) is 0.659. The van der Waals surface area contributed by atoms with E-state index in [1.807, 2.05) is 25.1 Å². The zero-order valence-electron chi connectivity index (χ0n) is 18.3. The highest BCUT2D eigenvalue weighted by Gasteiger charge is 2.43. The van der Waals surface area contributed by atoms with Gasteiger partial charge >= 0.3 is 11.1 Å². The third kappa shape index (κ3) is 4.23. The first-order valence-corrected chi connectivity index (χ1v) is 11.5. The normalized spacial score (nSPS) is 24.5. The van der Waals surface area contributed by atoms with Gasteiger partial charge in [-0.15, -0.1) is 0 Å². The van der Waals surface area contributed by atoms with E-state index < -0.39 is 16.7 Å². The van der Waals surface area contributed by atoms with Crippen LogP contribution >= 0.6 is 0 Å². The first kappa shape index (κ1) is 20.6. The van der Waals surface area contributed by atoms with Gasteiger partial charge in [0.05, 0.1) is 12.2 Å². The molecule has 1 atom stereocenters. The molecule has 2 aliphatic heterocycles. The van der Waals surface area contributed by atoms with Crippen molar-refractivity contribution in [2.24, 2.45) is 5.92 Å². The second-order valence-corrected chi connectivity index (χ2v) is 9.50. The van der Waals surface area contributed by atoms with Gasteiger partial charge < -0.3 is 4.74 Å².